The second-order valence-electron chi connectivity index (χ2n) is 6.59. The van der Waals surface area contributed by atoms with E-state index >= 15 is 0 Å². The van der Waals surface area contributed by atoms with E-state index in [0.717, 1.165) is 0 Å². The molecule has 0 saturated carbocycles. The van der Waals surface area contributed by atoms with Crippen molar-refractivity contribution in [2.24, 2.45) is 11.3 Å². The van der Waals surface area contributed by atoms with Crippen LogP contribution in [-0.2, 0) is 4.74 Å². The fourth-order valence-electron chi connectivity index (χ4n) is 3.69. The van der Waals surface area contributed by atoms with Gasteiger partial charge in [0, 0.05) is 30.0 Å². The molecule has 24 heavy (non-hydrogen) atoms. The maximum atomic E-state index is 13.5. The number of ether oxygens (including phenoxy) is 1. The fourth-order valence-corrected chi connectivity index (χ4v) is 3.69. The summed E-state index contributed by atoms with van der Waals surface area (Å²) in [6.07, 6.45) is 1.47. The summed E-state index contributed by atoms with van der Waals surface area (Å²) in [6, 6.07) is 6.05. The van der Waals surface area contributed by atoms with Crippen molar-refractivity contribution in [1.29, 1.82) is 0 Å². The Hall–Kier alpha value is -2.25. The van der Waals surface area contributed by atoms with Crippen LogP contribution < -0.4 is 0 Å². The number of carbonyl (C=O) groups is 1. The topological polar surface area (TPSA) is 78.5 Å². The number of nitrogens with zero attached hydrogens (tertiary/aromatic N) is 2. The number of nitrogens with one attached hydrogen (secondary N) is 1. The average Bonchev–Trinajstić information content (AvgIpc) is 3.27. The van der Waals surface area contributed by atoms with Crippen molar-refractivity contribution in [1.82, 2.24) is 15.1 Å². The predicted octanol–water partition coefficient (Wildman–Crippen LogP) is 1.30. The molecule has 0 radical (unpaired) electrons. The number of carbonyl (C=O) groups excluding carboxylic acids is 1. The first kappa shape index (κ1) is 15.3. The average molecular weight is 331 g/mol. The highest BCUT2D eigenvalue weighted by Gasteiger charge is 2.51. The number of aromatic nitrogens is 2. The molecular formula is C17H18FN3O3. The van der Waals surface area contributed by atoms with E-state index in [0.29, 0.717) is 43.1 Å². The summed E-state index contributed by atoms with van der Waals surface area (Å²) >= 11 is 0. The van der Waals surface area contributed by atoms with Crippen LogP contribution >= 0.6 is 0 Å². The minimum absolute atomic E-state index is 0.00356. The van der Waals surface area contributed by atoms with Gasteiger partial charge >= 0.3 is 0 Å². The lowest BCUT2D eigenvalue weighted by Gasteiger charge is -2.24. The number of aliphatic hydroxyl groups is 1. The van der Waals surface area contributed by atoms with Crippen molar-refractivity contribution < 1.29 is 19.0 Å². The van der Waals surface area contributed by atoms with Crippen molar-refractivity contribution >= 4 is 5.91 Å². The minimum Gasteiger partial charge on any atom is -0.396 e. The van der Waals surface area contributed by atoms with Crippen molar-refractivity contribution in [3.63, 3.8) is 0 Å². The highest BCUT2D eigenvalue weighted by Crippen LogP contribution is 2.41. The third-order valence-electron chi connectivity index (χ3n) is 5.11. The van der Waals surface area contributed by atoms with E-state index in [1.165, 1.54) is 18.3 Å². The van der Waals surface area contributed by atoms with Crippen LogP contribution in [0.4, 0.5) is 4.39 Å². The fraction of sp³-hybridized carbons (Fsp3) is 0.412. The molecule has 2 atom stereocenters. The number of aromatic amines is 1. The summed E-state index contributed by atoms with van der Waals surface area (Å²) in [7, 11) is 0. The number of halogens is 1. The monoisotopic (exact) mass is 331 g/mol. The van der Waals surface area contributed by atoms with Gasteiger partial charge in [-0.05, 0) is 12.1 Å². The Labute approximate surface area is 138 Å². The van der Waals surface area contributed by atoms with Crippen molar-refractivity contribution in [3.8, 4) is 11.3 Å². The van der Waals surface area contributed by atoms with Crippen molar-refractivity contribution in [3.05, 3.63) is 41.8 Å². The van der Waals surface area contributed by atoms with Crippen molar-refractivity contribution in [2.75, 3.05) is 32.9 Å². The molecule has 0 unspecified atom stereocenters. The number of rotatable bonds is 3. The van der Waals surface area contributed by atoms with Gasteiger partial charge in [0.1, 0.15) is 5.82 Å². The highest BCUT2D eigenvalue weighted by atomic mass is 19.1. The van der Waals surface area contributed by atoms with Crippen LogP contribution in [0, 0.1) is 17.2 Å². The summed E-state index contributed by atoms with van der Waals surface area (Å²) in [5.41, 5.74) is 1.13. The predicted molar refractivity (Wildman–Crippen MR) is 83.7 cm³/mol. The third kappa shape index (κ3) is 2.32. The smallest absolute Gasteiger partial charge is 0.257 e. The molecule has 2 fully saturated rings. The molecular weight excluding hydrogens is 313 g/mol. The van der Waals surface area contributed by atoms with Gasteiger partial charge in [0.05, 0.1) is 37.3 Å². The molecule has 1 amide bonds. The molecule has 2 N–H and O–H groups in total. The molecule has 1 aromatic carbocycles. The van der Waals surface area contributed by atoms with Gasteiger partial charge in [-0.2, -0.15) is 5.10 Å². The lowest BCUT2D eigenvalue weighted by Crippen LogP contribution is -2.36. The number of likely N-dealkylation sites (tertiary alicyclic amines) is 1. The maximum absolute atomic E-state index is 13.5. The SMILES string of the molecule is O=C(c1cn[nH]c1-c1cccc(F)c1)N1C[C@H]2COC[C@@]2(CO)C1. The Morgan fingerprint density at radius 1 is 1.54 bits per heavy atom. The molecule has 126 valence electrons. The molecule has 4 rings (SSSR count). The zero-order valence-electron chi connectivity index (χ0n) is 13.0. The molecule has 0 bridgehead atoms. The van der Waals surface area contributed by atoms with E-state index in [1.807, 2.05) is 0 Å². The van der Waals surface area contributed by atoms with Gasteiger partial charge < -0.3 is 14.7 Å². The van der Waals surface area contributed by atoms with Gasteiger partial charge in [0.15, 0.2) is 0 Å². The summed E-state index contributed by atoms with van der Waals surface area (Å²) in [5.74, 6) is -0.381. The van der Waals surface area contributed by atoms with Crippen molar-refractivity contribution in [2.45, 2.75) is 0 Å². The highest BCUT2D eigenvalue weighted by molar-refractivity contribution is 6.00. The number of fused-ring (bicyclic) bond motifs is 1. The van der Waals surface area contributed by atoms with Gasteiger partial charge in [-0.1, -0.05) is 12.1 Å². The molecule has 6 nitrogen and oxygen atoms in total. The Kier molecular flexibility index (Phi) is 3.62. The van der Waals surface area contributed by atoms with Crippen LogP contribution in [0.2, 0.25) is 0 Å². The zero-order chi connectivity index (χ0) is 16.7. The van der Waals surface area contributed by atoms with E-state index < -0.39 is 0 Å². The van der Waals surface area contributed by atoms with Crippen LogP contribution in [0.15, 0.2) is 30.5 Å². The van der Waals surface area contributed by atoms with Crippen LogP contribution in [-0.4, -0.2) is 59.0 Å². The Balaban J connectivity index is 1.62. The number of amides is 1. The molecule has 0 aliphatic carbocycles. The Morgan fingerprint density at radius 2 is 2.42 bits per heavy atom. The Morgan fingerprint density at radius 3 is 3.17 bits per heavy atom. The lowest BCUT2D eigenvalue weighted by atomic mass is 9.82. The molecule has 2 aliphatic heterocycles. The first-order valence-corrected chi connectivity index (χ1v) is 7.90. The van der Waals surface area contributed by atoms with E-state index in [1.54, 1.807) is 17.0 Å². The number of hydrogen-bond acceptors (Lipinski definition) is 4. The second kappa shape index (κ2) is 5.68. The molecule has 2 saturated heterocycles. The van der Waals surface area contributed by atoms with Crippen LogP contribution in [0.1, 0.15) is 10.4 Å². The van der Waals surface area contributed by atoms with Gasteiger partial charge in [0.25, 0.3) is 5.91 Å². The first-order chi connectivity index (χ1) is 11.6. The number of aliphatic hydroxyl groups excluding tert-OH is 1. The standard InChI is InChI=1S/C17H18FN3O3/c18-13-3-1-2-11(4-13)15-14(5-19-20-15)16(23)21-6-12-7-24-10-17(12,8-21)9-22/h1-5,12,22H,6-10H2,(H,19,20)/t12-,17-/m0/s1. The van der Waals surface area contributed by atoms with Crippen LogP contribution in [0.25, 0.3) is 11.3 Å². The molecule has 7 heteroatoms. The van der Waals surface area contributed by atoms with E-state index in [4.69, 9.17) is 4.74 Å². The van der Waals surface area contributed by atoms with Gasteiger partial charge in [-0.25, -0.2) is 4.39 Å². The Bertz CT molecular complexity index is 778. The third-order valence-corrected chi connectivity index (χ3v) is 5.11. The second-order valence-corrected chi connectivity index (χ2v) is 6.59. The molecule has 1 aromatic heterocycles. The number of H-pyrrole nitrogens is 1. The molecule has 0 spiro atoms. The van der Waals surface area contributed by atoms with Gasteiger partial charge in [0.2, 0.25) is 0 Å². The lowest BCUT2D eigenvalue weighted by molar-refractivity contribution is 0.0631. The largest absolute Gasteiger partial charge is 0.396 e. The minimum atomic E-state index is -0.368. The zero-order valence-corrected chi connectivity index (χ0v) is 13.0. The van der Waals surface area contributed by atoms with Crippen LogP contribution in [0.3, 0.4) is 0 Å². The maximum Gasteiger partial charge on any atom is 0.257 e. The molecule has 3 heterocycles. The summed E-state index contributed by atoms with van der Waals surface area (Å²) in [4.78, 5) is 14.7. The van der Waals surface area contributed by atoms with Gasteiger partial charge in [-0.3, -0.25) is 9.89 Å². The summed E-state index contributed by atoms with van der Waals surface area (Å²) in [6.45, 7) is 2.05. The van der Waals surface area contributed by atoms with Crippen LogP contribution in [0.5, 0.6) is 0 Å². The van der Waals surface area contributed by atoms with Gasteiger partial charge in [-0.15, -0.1) is 0 Å². The first-order valence-electron chi connectivity index (χ1n) is 7.90. The molecule has 2 aliphatic rings. The normalized spacial score (nSPS) is 25.9. The number of benzene rings is 1. The van der Waals surface area contributed by atoms with E-state index in [2.05, 4.69) is 10.2 Å². The number of hydrogen-bond donors (Lipinski definition) is 2. The summed E-state index contributed by atoms with van der Waals surface area (Å²) < 4.78 is 18.9. The van der Waals surface area contributed by atoms with E-state index in [-0.39, 0.29) is 29.7 Å². The molecule has 2 aromatic rings. The summed E-state index contributed by atoms with van der Waals surface area (Å²) in [5, 5.41) is 16.5. The van der Waals surface area contributed by atoms with E-state index in [9.17, 15) is 14.3 Å². The quantitative estimate of drug-likeness (QED) is 0.888.